The summed E-state index contributed by atoms with van der Waals surface area (Å²) in [6, 6.07) is 0.470. The normalized spacial score (nSPS) is 27.2. The fourth-order valence-corrected chi connectivity index (χ4v) is 2.25. The van der Waals surface area contributed by atoms with Crippen molar-refractivity contribution in [2.24, 2.45) is 22.5 Å². The molecule has 0 radical (unpaired) electrons. The molecule has 17 heavy (non-hydrogen) atoms. The van der Waals surface area contributed by atoms with Crippen LogP contribution in [0.3, 0.4) is 0 Å². The number of hydrogen-bond acceptors (Lipinski definition) is 2. The first-order chi connectivity index (χ1) is 7.72. The summed E-state index contributed by atoms with van der Waals surface area (Å²) < 4.78 is 0. The summed E-state index contributed by atoms with van der Waals surface area (Å²) in [5.41, 5.74) is 6.63. The van der Waals surface area contributed by atoms with Gasteiger partial charge < -0.3 is 11.1 Å². The van der Waals surface area contributed by atoms with E-state index in [0.29, 0.717) is 16.9 Å². The van der Waals surface area contributed by atoms with E-state index in [-0.39, 0.29) is 0 Å². The molecule has 0 aromatic carbocycles. The molecule has 1 aliphatic carbocycles. The maximum absolute atomic E-state index is 5.93. The Bertz CT molecular complexity index is 220. The van der Waals surface area contributed by atoms with E-state index in [1.54, 1.807) is 0 Å². The molecule has 0 unspecified atom stereocenters. The molecule has 0 aromatic heterocycles. The summed E-state index contributed by atoms with van der Waals surface area (Å²) in [5.74, 6) is 0.852. The van der Waals surface area contributed by atoms with Crippen molar-refractivity contribution >= 4 is 0 Å². The Morgan fingerprint density at radius 1 is 1.00 bits per heavy atom. The number of hydrogen-bond donors (Lipinski definition) is 2. The van der Waals surface area contributed by atoms with Crippen molar-refractivity contribution < 1.29 is 0 Å². The Morgan fingerprint density at radius 2 is 1.53 bits per heavy atom. The SMILES string of the molecule is CC(C)(C)C(C)(C)CNCC1CCC(N)CC1. The molecule has 3 N–H and O–H groups in total. The lowest BCUT2D eigenvalue weighted by Crippen LogP contribution is -2.41. The Morgan fingerprint density at radius 3 is 2.00 bits per heavy atom. The molecule has 1 rings (SSSR count). The van der Waals surface area contributed by atoms with E-state index in [2.05, 4.69) is 39.9 Å². The van der Waals surface area contributed by atoms with Gasteiger partial charge in [-0.1, -0.05) is 34.6 Å². The second-order valence-corrected chi connectivity index (χ2v) is 7.55. The monoisotopic (exact) mass is 240 g/mol. The summed E-state index contributed by atoms with van der Waals surface area (Å²) in [5, 5.41) is 3.68. The molecule has 2 heteroatoms. The minimum Gasteiger partial charge on any atom is -0.328 e. The molecule has 0 atom stereocenters. The average molecular weight is 240 g/mol. The third-order valence-electron chi connectivity index (χ3n) is 4.92. The second-order valence-electron chi connectivity index (χ2n) is 7.55. The van der Waals surface area contributed by atoms with E-state index in [9.17, 15) is 0 Å². The van der Waals surface area contributed by atoms with Gasteiger partial charge in [-0.05, 0) is 49.0 Å². The molecule has 0 amide bonds. The molecule has 0 saturated heterocycles. The van der Waals surface area contributed by atoms with Gasteiger partial charge in [-0.2, -0.15) is 0 Å². The predicted molar refractivity (Wildman–Crippen MR) is 76.0 cm³/mol. The number of nitrogens with two attached hydrogens (primary N) is 1. The van der Waals surface area contributed by atoms with Gasteiger partial charge in [0.05, 0.1) is 0 Å². The largest absolute Gasteiger partial charge is 0.328 e. The molecule has 0 aliphatic heterocycles. The maximum atomic E-state index is 5.93. The van der Waals surface area contributed by atoms with Gasteiger partial charge in [0.25, 0.3) is 0 Å². The van der Waals surface area contributed by atoms with Crippen molar-refractivity contribution in [2.75, 3.05) is 13.1 Å². The number of rotatable bonds is 4. The Hall–Kier alpha value is -0.0800. The van der Waals surface area contributed by atoms with Gasteiger partial charge in [0.15, 0.2) is 0 Å². The zero-order valence-corrected chi connectivity index (χ0v) is 12.5. The highest BCUT2D eigenvalue weighted by molar-refractivity contribution is 4.85. The summed E-state index contributed by atoms with van der Waals surface area (Å²) in [7, 11) is 0. The first-order valence-corrected chi connectivity index (χ1v) is 7.19. The van der Waals surface area contributed by atoms with Crippen LogP contribution in [0.5, 0.6) is 0 Å². The van der Waals surface area contributed by atoms with Gasteiger partial charge >= 0.3 is 0 Å². The van der Waals surface area contributed by atoms with Crippen molar-refractivity contribution in [2.45, 2.75) is 66.3 Å². The van der Waals surface area contributed by atoms with Gasteiger partial charge in [-0.25, -0.2) is 0 Å². The quantitative estimate of drug-likeness (QED) is 0.792. The van der Waals surface area contributed by atoms with Crippen molar-refractivity contribution in [3.05, 3.63) is 0 Å². The van der Waals surface area contributed by atoms with E-state index in [1.165, 1.54) is 32.2 Å². The molecule has 2 nitrogen and oxygen atoms in total. The van der Waals surface area contributed by atoms with Crippen LogP contribution < -0.4 is 11.1 Å². The lowest BCUT2D eigenvalue weighted by atomic mass is 9.69. The molecule has 0 heterocycles. The molecule has 0 bridgehead atoms. The number of nitrogens with one attached hydrogen (secondary N) is 1. The van der Waals surface area contributed by atoms with Gasteiger partial charge in [-0.3, -0.25) is 0 Å². The first-order valence-electron chi connectivity index (χ1n) is 7.19. The summed E-state index contributed by atoms with van der Waals surface area (Å²) in [4.78, 5) is 0. The highest BCUT2D eigenvalue weighted by Crippen LogP contribution is 2.37. The van der Waals surface area contributed by atoms with Gasteiger partial charge in [-0.15, -0.1) is 0 Å². The highest BCUT2D eigenvalue weighted by Gasteiger charge is 2.32. The van der Waals surface area contributed by atoms with Gasteiger partial charge in [0.1, 0.15) is 0 Å². The van der Waals surface area contributed by atoms with E-state index in [0.717, 1.165) is 12.5 Å². The van der Waals surface area contributed by atoms with Crippen LogP contribution in [0.4, 0.5) is 0 Å². The molecule has 102 valence electrons. The third kappa shape index (κ3) is 4.59. The van der Waals surface area contributed by atoms with Crippen LogP contribution in [-0.2, 0) is 0 Å². The van der Waals surface area contributed by atoms with E-state index in [4.69, 9.17) is 5.73 Å². The zero-order valence-electron chi connectivity index (χ0n) is 12.5. The Balaban J connectivity index is 2.24. The lowest BCUT2D eigenvalue weighted by molar-refractivity contribution is 0.126. The van der Waals surface area contributed by atoms with Crippen molar-refractivity contribution in [3.63, 3.8) is 0 Å². The van der Waals surface area contributed by atoms with Crippen molar-refractivity contribution in [1.82, 2.24) is 5.32 Å². The molecular weight excluding hydrogens is 208 g/mol. The molecule has 0 spiro atoms. The predicted octanol–water partition coefficient (Wildman–Crippen LogP) is 3.17. The molecule has 0 aromatic rings. The third-order valence-corrected chi connectivity index (χ3v) is 4.92. The summed E-state index contributed by atoms with van der Waals surface area (Å²) in [6.07, 6.45) is 5.05. The van der Waals surface area contributed by atoms with E-state index >= 15 is 0 Å². The summed E-state index contributed by atoms with van der Waals surface area (Å²) in [6.45, 7) is 14.0. The van der Waals surface area contributed by atoms with Crippen LogP contribution in [0.15, 0.2) is 0 Å². The minimum absolute atomic E-state index is 0.345. The second kappa shape index (κ2) is 5.71. The van der Waals surface area contributed by atoms with Crippen LogP contribution >= 0.6 is 0 Å². The fraction of sp³-hybridized carbons (Fsp3) is 1.00. The highest BCUT2D eigenvalue weighted by atomic mass is 14.9. The smallest absolute Gasteiger partial charge is 0.00390 e. The molecular formula is C15H32N2. The lowest BCUT2D eigenvalue weighted by Gasteiger charge is -2.39. The Labute approximate surface area is 108 Å². The molecule has 1 fully saturated rings. The Kier molecular flexibility index (Phi) is 5.03. The maximum Gasteiger partial charge on any atom is 0.00390 e. The van der Waals surface area contributed by atoms with Crippen LogP contribution in [0.1, 0.15) is 60.3 Å². The average Bonchev–Trinajstić information content (AvgIpc) is 2.19. The van der Waals surface area contributed by atoms with Crippen LogP contribution in [0, 0.1) is 16.7 Å². The van der Waals surface area contributed by atoms with Crippen molar-refractivity contribution in [3.8, 4) is 0 Å². The molecule has 1 aliphatic rings. The van der Waals surface area contributed by atoms with Crippen LogP contribution in [-0.4, -0.2) is 19.1 Å². The minimum atomic E-state index is 0.345. The van der Waals surface area contributed by atoms with Crippen LogP contribution in [0.2, 0.25) is 0 Å². The van der Waals surface area contributed by atoms with E-state index in [1.807, 2.05) is 0 Å². The van der Waals surface area contributed by atoms with Crippen LogP contribution in [0.25, 0.3) is 0 Å². The first kappa shape index (κ1) is 15.0. The van der Waals surface area contributed by atoms with Crippen molar-refractivity contribution in [1.29, 1.82) is 0 Å². The fourth-order valence-electron chi connectivity index (χ4n) is 2.25. The summed E-state index contributed by atoms with van der Waals surface area (Å²) >= 11 is 0. The van der Waals surface area contributed by atoms with Gasteiger partial charge in [0.2, 0.25) is 0 Å². The standard InChI is InChI=1S/C15H32N2/c1-14(2,3)15(4,5)11-17-10-12-6-8-13(16)9-7-12/h12-13,17H,6-11,16H2,1-5H3. The van der Waals surface area contributed by atoms with Gasteiger partial charge in [0, 0.05) is 12.6 Å². The van der Waals surface area contributed by atoms with E-state index < -0.39 is 0 Å². The zero-order chi connectivity index (χ0) is 13.1. The topological polar surface area (TPSA) is 38.0 Å². The molecule has 1 saturated carbocycles.